The maximum Gasteiger partial charge on any atom is 0.215 e. The highest BCUT2D eigenvalue weighted by Crippen LogP contribution is 2.07. The summed E-state index contributed by atoms with van der Waals surface area (Å²) in [6.45, 7) is 6.13. The molecule has 0 heterocycles. The molecule has 0 aromatic heterocycles. The van der Waals surface area contributed by atoms with Crippen molar-refractivity contribution < 1.29 is 13.2 Å². The molecule has 0 aliphatic heterocycles. The number of halogens is 1. The van der Waals surface area contributed by atoms with Crippen LogP contribution in [-0.2, 0) is 10.0 Å². The number of para-hydroxylation sites is 1. The van der Waals surface area contributed by atoms with Gasteiger partial charge < -0.3 is 15.0 Å². The Kier molecular flexibility index (Phi) is 12.6. The number of rotatable bonds is 10. The number of guanidine groups is 1. The molecule has 26 heavy (non-hydrogen) atoms. The first kappa shape index (κ1) is 24.9. The fourth-order valence-electron chi connectivity index (χ4n) is 2.35. The molecule has 0 atom stereocenters. The molecule has 1 N–H and O–H groups in total. The third kappa shape index (κ3) is 8.54. The highest BCUT2D eigenvalue weighted by Gasteiger charge is 2.18. The molecule has 0 saturated carbocycles. The summed E-state index contributed by atoms with van der Waals surface area (Å²) in [6.07, 6.45) is 0. The van der Waals surface area contributed by atoms with E-state index in [2.05, 4.69) is 10.3 Å². The molecule has 0 bridgehead atoms. The molecule has 150 valence electrons. The molecule has 9 heteroatoms. The van der Waals surface area contributed by atoms with Crippen LogP contribution in [0.4, 0.5) is 0 Å². The van der Waals surface area contributed by atoms with Crippen LogP contribution < -0.4 is 10.1 Å². The van der Waals surface area contributed by atoms with E-state index in [1.165, 1.54) is 4.31 Å². The smallest absolute Gasteiger partial charge is 0.215 e. The van der Waals surface area contributed by atoms with Crippen LogP contribution >= 0.6 is 24.0 Å². The number of ether oxygens (including phenoxy) is 1. The second-order valence-corrected chi connectivity index (χ2v) is 7.55. The van der Waals surface area contributed by atoms with Gasteiger partial charge in [-0.05, 0) is 12.1 Å². The van der Waals surface area contributed by atoms with E-state index in [0.29, 0.717) is 38.7 Å². The van der Waals surface area contributed by atoms with Crippen molar-refractivity contribution in [1.82, 2.24) is 14.5 Å². The van der Waals surface area contributed by atoms with Gasteiger partial charge in [0.2, 0.25) is 10.0 Å². The first-order valence-corrected chi connectivity index (χ1v) is 10.1. The summed E-state index contributed by atoms with van der Waals surface area (Å²) in [6, 6.07) is 9.61. The van der Waals surface area contributed by atoms with Crippen LogP contribution in [0.2, 0.25) is 0 Å². The Bertz CT molecular complexity index is 622. The Balaban J connectivity index is 0.00000625. The van der Waals surface area contributed by atoms with Gasteiger partial charge in [-0.15, -0.1) is 24.0 Å². The SMILES string of the molecule is CCN(CC)S(=O)(=O)CCNC(=NC)N(C)CCOc1ccccc1.I. The van der Waals surface area contributed by atoms with Crippen molar-refractivity contribution in [1.29, 1.82) is 0 Å². The van der Waals surface area contributed by atoms with E-state index in [9.17, 15) is 8.42 Å². The molecule has 1 rings (SSSR count). The molecule has 0 amide bonds. The van der Waals surface area contributed by atoms with Gasteiger partial charge in [-0.2, -0.15) is 0 Å². The molecule has 1 aromatic rings. The summed E-state index contributed by atoms with van der Waals surface area (Å²) in [5.74, 6) is 1.51. The minimum atomic E-state index is -3.23. The third-order valence-electron chi connectivity index (χ3n) is 3.75. The van der Waals surface area contributed by atoms with Crippen molar-refractivity contribution in [3.8, 4) is 5.75 Å². The number of hydrogen-bond donors (Lipinski definition) is 1. The quantitative estimate of drug-likeness (QED) is 0.303. The van der Waals surface area contributed by atoms with Gasteiger partial charge in [0, 0.05) is 33.7 Å². The van der Waals surface area contributed by atoms with E-state index < -0.39 is 10.0 Å². The van der Waals surface area contributed by atoms with Crippen molar-refractivity contribution in [2.45, 2.75) is 13.8 Å². The normalized spacial score (nSPS) is 11.8. The zero-order valence-corrected chi connectivity index (χ0v) is 19.2. The van der Waals surface area contributed by atoms with Gasteiger partial charge in [-0.1, -0.05) is 32.0 Å². The number of sulfonamides is 1. The highest BCUT2D eigenvalue weighted by molar-refractivity contribution is 14.0. The first-order chi connectivity index (χ1) is 11.9. The molecule has 0 unspecified atom stereocenters. The first-order valence-electron chi connectivity index (χ1n) is 8.52. The van der Waals surface area contributed by atoms with E-state index >= 15 is 0 Å². The van der Waals surface area contributed by atoms with Crippen molar-refractivity contribution >= 4 is 40.0 Å². The summed E-state index contributed by atoms with van der Waals surface area (Å²) < 4.78 is 31.5. The number of hydrogen-bond acceptors (Lipinski definition) is 4. The highest BCUT2D eigenvalue weighted by atomic mass is 127. The summed E-state index contributed by atoms with van der Waals surface area (Å²) in [5, 5.41) is 3.09. The van der Waals surface area contributed by atoms with Gasteiger partial charge in [0.1, 0.15) is 12.4 Å². The van der Waals surface area contributed by atoms with Crippen molar-refractivity contribution in [2.75, 3.05) is 52.6 Å². The minimum Gasteiger partial charge on any atom is -0.492 e. The number of likely N-dealkylation sites (N-methyl/N-ethyl adjacent to an activating group) is 1. The zero-order chi connectivity index (χ0) is 18.7. The molecular formula is C17H31IN4O3S. The second kappa shape index (κ2) is 13.2. The average molecular weight is 498 g/mol. The molecule has 0 radical (unpaired) electrons. The molecule has 0 saturated heterocycles. The Morgan fingerprint density at radius 3 is 2.35 bits per heavy atom. The van der Waals surface area contributed by atoms with Gasteiger partial charge >= 0.3 is 0 Å². The summed E-state index contributed by atoms with van der Waals surface area (Å²) in [7, 11) is 0.335. The van der Waals surface area contributed by atoms with Crippen LogP contribution in [0.25, 0.3) is 0 Å². The monoisotopic (exact) mass is 498 g/mol. The van der Waals surface area contributed by atoms with Crippen LogP contribution in [0.3, 0.4) is 0 Å². The Labute approximate surface area is 174 Å². The molecule has 0 spiro atoms. The fourth-order valence-corrected chi connectivity index (χ4v) is 3.75. The molecule has 1 aromatic carbocycles. The largest absolute Gasteiger partial charge is 0.492 e. The maximum absolute atomic E-state index is 12.2. The third-order valence-corrected chi connectivity index (χ3v) is 5.78. The van der Waals surface area contributed by atoms with Crippen molar-refractivity contribution in [3.05, 3.63) is 30.3 Å². The van der Waals surface area contributed by atoms with E-state index in [0.717, 1.165) is 5.75 Å². The van der Waals surface area contributed by atoms with Gasteiger partial charge in [0.15, 0.2) is 5.96 Å². The molecule has 0 aliphatic rings. The topological polar surface area (TPSA) is 74.2 Å². The predicted octanol–water partition coefficient (Wildman–Crippen LogP) is 1.86. The number of nitrogens with zero attached hydrogens (tertiary/aromatic N) is 3. The van der Waals surface area contributed by atoms with Gasteiger partial charge in [-0.25, -0.2) is 12.7 Å². The van der Waals surface area contributed by atoms with Crippen LogP contribution in [0.15, 0.2) is 35.3 Å². The molecule has 7 nitrogen and oxygen atoms in total. The van der Waals surface area contributed by atoms with Crippen LogP contribution in [-0.4, -0.2) is 76.2 Å². The molecule has 0 aliphatic carbocycles. The van der Waals surface area contributed by atoms with Crippen molar-refractivity contribution in [2.24, 2.45) is 4.99 Å². The van der Waals surface area contributed by atoms with E-state index in [4.69, 9.17) is 4.74 Å². The van der Waals surface area contributed by atoms with E-state index in [-0.39, 0.29) is 29.7 Å². The lowest BCUT2D eigenvalue weighted by molar-refractivity contribution is 0.281. The number of benzene rings is 1. The molecular weight excluding hydrogens is 467 g/mol. The molecule has 0 fully saturated rings. The Hall–Kier alpha value is -1.07. The lowest BCUT2D eigenvalue weighted by atomic mass is 10.3. The standard InChI is InChI=1S/C17H30N4O3S.HI/c1-5-21(6-2)25(22,23)15-12-19-17(18-3)20(4)13-14-24-16-10-8-7-9-11-16;/h7-11H,5-6,12-15H2,1-4H3,(H,18,19);1H. The minimum absolute atomic E-state index is 0. The Morgan fingerprint density at radius 2 is 1.81 bits per heavy atom. The number of nitrogens with one attached hydrogen (secondary N) is 1. The van der Waals surface area contributed by atoms with Crippen LogP contribution in [0.1, 0.15) is 13.8 Å². The summed E-state index contributed by atoms with van der Waals surface area (Å²) >= 11 is 0. The second-order valence-electron chi connectivity index (χ2n) is 5.46. The Morgan fingerprint density at radius 1 is 1.19 bits per heavy atom. The maximum atomic E-state index is 12.2. The van der Waals surface area contributed by atoms with Crippen molar-refractivity contribution in [3.63, 3.8) is 0 Å². The van der Waals surface area contributed by atoms with E-state index in [1.54, 1.807) is 7.05 Å². The zero-order valence-electron chi connectivity index (χ0n) is 16.0. The average Bonchev–Trinajstić information content (AvgIpc) is 2.60. The fraction of sp³-hybridized carbons (Fsp3) is 0.588. The van der Waals surface area contributed by atoms with Gasteiger partial charge in [0.05, 0.1) is 12.3 Å². The van der Waals surface area contributed by atoms with Crippen LogP contribution in [0.5, 0.6) is 5.75 Å². The van der Waals surface area contributed by atoms with Gasteiger partial charge in [-0.3, -0.25) is 4.99 Å². The van der Waals surface area contributed by atoms with Gasteiger partial charge in [0.25, 0.3) is 0 Å². The number of aliphatic imine (C=N–C) groups is 1. The van der Waals surface area contributed by atoms with E-state index in [1.807, 2.05) is 56.1 Å². The van der Waals surface area contributed by atoms with Crippen LogP contribution in [0, 0.1) is 0 Å². The predicted molar refractivity (Wildman–Crippen MR) is 118 cm³/mol. The lowest BCUT2D eigenvalue weighted by Gasteiger charge is -2.23. The lowest BCUT2D eigenvalue weighted by Crippen LogP contribution is -2.44. The summed E-state index contributed by atoms with van der Waals surface area (Å²) in [4.78, 5) is 6.10. The summed E-state index contributed by atoms with van der Waals surface area (Å²) in [5.41, 5.74) is 0.